The summed E-state index contributed by atoms with van der Waals surface area (Å²) in [6, 6.07) is 2.41. The van der Waals surface area contributed by atoms with E-state index in [1.165, 1.54) is 24.8 Å². The molecule has 5 nitrogen and oxygen atoms in total. The Hall–Kier alpha value is -2.12. The van der Waals surface area contributed by atoms with Gasteiger partial charge in [0.05, 0.1) is 11.5 Å². The fourth-order valence-electron chi connectivity index (χ4n) is 2.82. The first-order chi connectivity index (χ1) is 10.0. The number of carbonyl (C=O) groups excluding carboxylic acids is 1. The van der Waals surface area contributed by atoms with E-state index in [1.54, 1.807) is 0 Å². The first-order valence-electron chi connectivity index (χ1n) is 6.63. The maximum absolute atomic E-state index is 13.0. The second-order valence-electron chi connectivity index (χ2n) is 5.73. The molecule has 1 fully saturated rings. The van der Waals surface area contributed by atoms with Crippen molar-refractivity contribution >= 4 is 11.9 Å². The number of nitrogens with zero attached hydrogens (tertiary/aromatic N) is 2. The molecule has 1 unspecified atom stereocenters. The first kappa shape index (κ1) is 16.3. The molecule has 0 bridgehead atoms. The molecule has 0 aromatic carbocycles. The molecule has 1 saturated heterocycles. The highest BCUT2D eigenvalue weighted by Crippen LogP contribution is 2.45. The van der Waals surface area contributed by atoms with Gasteiger partial charge in [-0.05, 0) is 32.4 Å². The molecule has 0 aliphatic carbocycles. The Morgan fingerprint density at radius 1 is 1.36 bits per heavy atom. The second-order valence-corrected chi connectivity index (χ2v) is 5.73. The number of hydrogen-bond acceptors (Lipinski definition) is 3. The maximum atomic E-state index is 13.0. The molecule has 1 aromatic rings. The van der Waals surface area contributed by atoms with E-state index in [1.807, 2.05) is 0 Å². The zero-order valence-electron chi connectivity index (χ0n) is 12.0. The van der Waals surface area contributed by atoms with Crippen LogP contribution < -0.4 is 0 Å². The van der Waals surface area contributed by atoms with Gasteiger partial charge < -0.3 is 10.0 Å². The summed E-state index contributed by atoms with van der Waals surface area (Å²) < 4.78 is 39.1. The lowest BCUT2D eigenvalue weighted by Gasteiger charge is -2.36. The second kappa shape index (κ2) is 5.26. The van der Waals surface area contributed by atoms with E-state index in [-0.39, 0.29) is 24.2 Å². The van der Waals surface area contributed by atoms with Crippen LogP contribution in [0.5, 0.6) is 0 Å². The number of rotatable bonds is 2. The van der Waals surface area contributed by atoms with E-state index in [2.05, 4.69) is 4.98 Å². The average Bonchev–Trinajstić information content (AvgIpc) is 2.73. The van der Waals surface area contributed by atoms with E-state index >= 15 is 0 Å². The van der Waals surface area contributed by atoms with Crippen molar-refractivity contribution in [3.8, 4) is 0 Å². The predicted molar refractivity (Wildman–Crippen MR) is 70.5 cm³/mol. The Bertz CT molecular complexity index is 596. The van der Waals surface area contributed by atoms with E-state index in [0.29, 0.717) is 0 Å². The van der Waals surface area contributed by atoms with Gasteiger partial charge in [-0.3, -0.25) is 4.79 Å². The molecule has 8 heteroatoms. The van der Waals surface area contributed by atoms with Crippen molar-refractivity contribution < 1.29 is 27.9 Å². The molecule has 120 valence electrons. The fourth-order valence-corrected chi connectivity index (χ4v) is 2.82. The standard InChI is InChI=1S/C14H15F3N2O3/c1-13(2)10(14(15,16)17)5-6-19(13)11(20)8-3-4-9(12(21)22)18-7-8/h3-4,7,10H,5-6H2,1-2H3,(H,21,22). The molecular weight excluding hydrogens is 301 g/mol. The third kappa shape index (κ3) is 2.77. The lowest BCUT2D eigenvalue weighted by Crippen LogP contribution is -2.49. The number of aromatic carboxylic acids is 1. The number of pyridine rings is 1. The van der Waals surface area contributed by atoms with Crippen LogP contribution in [0, 0.1) is 5.92 Å². The van der Waals surface area contributed by atoms with Crippen LogP contribution in [0.1, 0.15) is 41.1 Å². The van der Waals surface area contributed by atoms with E-state index < -0.39 is 29.5 Å². The van der Waals surface area contributed by atoms with Gasteiger partial charge in [0.1, 0.15) is 5.69 Å². The van der Waals surface area contributed by atoms with Crippen LogP contribution in [0.15, 0.2) is 18.3 Å². The Kier molecular flexibility index (Phi) is 3.88. The molecule has 1 N–H and O–H groups in total. The molecule has 2 heterocycles. The van der Waals surface area contributed by atoms with Crippen molar-refractivity contribution in [2.75, 3.05) is 6.54 Å². The number of amides is 1. The molecule has 2 rings (SSSR count). The summed E-state index contributed by atoms with van der Waals surface area (Å²) in [6.07, 6.45) is -3.45. The van der Waals surface area contributed by atoms with Gasteiger partial charge in [-0.15, -0.1) is 0 Å². The Morgan fingerprint density at radius 2 is 2.00 bits per heavy atom. The Labute approximate surface area is 124 Å². The van der Waals surface area contributed by atoms with Crippen LogP contribution in [0.2, 0.25) is 0 Å². The molecule has 0 radical (unpaired) electrons. The highest BCUT2D eigenvalue weighted by Gasteiger charge is 2.56. The molecule has 0 saturated carbocycles. The summed E-state index contributed by atoms with van der Waals surface area (Å²) >= 11 is 0. The first-order valence-corrected chi connectivity index (χ1v) is 6.63. The number of carboxylic acid groups (broad SMARTS) is 1. The van der Waals surface area contributed by atoms with Crippen LogP contribution >= 0.6 is 0 Å². The molecular formula is C14H15F3N2O3. The average molecular weight is 316 g/mol. The lowest BCUT2D eigenvalue weighted by atomic mass is 9.87. The number of hydrogen-bond donors (Lipinski definition) is 1. The number of aromatic nitrogens is 1. The van der Waals surface area contributed by atoms with Gasteiger partial charge >= 0.3 is 12.1 Å². The van der Waals surface area contributed by atoms with Crippen molar-refractivity contribution in [1.29, 1.82) is 0 Å². The Morgan fingerprint density at radius 3 is 2.41 bits per heavy atom. The summed E-state index contributed by atoms with van der Waals surface area (Å²) in [5.74, 6) is -3.41. The van der Waals surface area contributed by atoms with Crippen LogP contribution in [0.25, 0.3) is 0 Å². The number of alkyl halides is 3. The van der Waals surface area contributed by atoms with Crippen LogP contribution in [0.4, 0.5) is 13.2 Å². The monoisotopic (exact) mass is 316 g/mol. The zero-order valence-corrected chi connectivity index (χ0v) is 12.0. The number of halogens is 3. The highest BCUT2D eigenvalue weighted by atomic mass is 19.4. The molecule has 0 spiro atoms. The van der Waals surface area contributed by atoms with Gasteiger partial charge in [0.15, 0.2) is 0 Å². The van der Waals surface area contributed by atoms with Gasteiger partial charge in [0.2, 0.25) is 0 Å². The van der Waals surface area contributed by atoms with Gasteiger partial charge in [-0.25, -0.2) is 9.78 Å². The predicted octanol–water partition coefficient (Wildman–Crippen LogP) is 2.58. The minimum atomic E-state index is -4.37. The zero-order chi connectivity index (χ0) is 16.7. The van der Waals surface area contributed by atoms with Crippen LogP contribution in [0.3, 0.4) is 0 Å². The molecule has 22 heavy (non-hydrogen) atoms. The summed E-state index contributed by atoms with van der Waals surface area (Å²) in [5.41, 5.74) is -1.52. The smallest absolute Gasteiger partial charge is 0.394 e. The topological polar surface area (TPSA) is 70.5 Å². The summed E-state index contributed by atoms with van der Waals surface area (Å²) in [6.45, 7) is 2.76. The largest absolute Gasteiger partial charge is 0.477 e. The molecule has 1 aromatic heterocycles. The van der Waals surface area contributed by atoms with Gasteiger partial charge in [-0.2, -0.15) is 13.2 Å². The van der Waals surface area contributed by atoms with Crippen molar-refractivity contribution in [1.82, 2.24) is 9.88 Å². The lowest BCUT2D eigenvalue weighted by molar-refractivity contribution is -0.189. The van der Waals surface area contributed by atoms with Crippen molar-refractivity contribution in [3.05, 3.63) is 29.6 Å². The third-order valence-corrected chi connectivity index (χ3v) is 4.06. The van der Waals surface area contributed by atoms with Crippen LogP contribution in [-0.4, -0.2) is 45.1 Å². The molecule has 1 atom stereocenters. The number of carbonyl (C=O) groups is 2. The minimum absolute atomic E-state index is 0.00328. The van der Waals surface area contributed by atoms with Crippen molar-refractivity contribution in [2.24, 2.45) is 5.92 Å². The SMILES string of the molecule is CC1(C)C(C(F)(F)F)CCN1C(=O)c1ccc(C(=O)O)nc1. The molecule has 1 aliphatic heterocycles. The summed E-state index contributed by atoms with van der Waals surface area (Å²) in [7, 11) is 0. The molecule has 1 amide bonds. The Balaban J connectivity index is 2.25. The summed E-state index contributed by atoms with van der Waals surface area (Å²) in [4.78, 5) is 27.9. The normalized spacial score (nSPS) is 21.0. The van der Waals surface area contributed by atoms with E-state index in [4.69, 9.17) is 5.11 Å². The van der Waals surface area contributed by atoms with Crippen molar-refractivity contribution in [3.63, 3.8) is 0 Å². The van der Waals surface area contributed by atoms with Crippen LogP contribution in [-0.2, 0) is 0 Å². The minimum Gasteiger partial charge on any atom is -0.477 e. The van der Waals surface area contributed by atoms with Gasteiger partial charge in [-0.1, -0.05) is 0 Å². The van der Waals surface area contributed by atoms with E-state index in [0.717, 1.165) is 12.3 Å². The number of likely N-dealkylation sites (tertiary alicyclic amines) is 1. The third-order valence-electron chi connectivity index (χ3n) is 4.06. The quantitative estimate of drug-likeness (QED) is 0.910. The van der Waals surface area contributed by atoms with E-state index in [9.17, 15) is 22.8 Å². The van der Waals surface area contributed by atoms with Crippen molar-refractivity contribution in [2.45, 2.75) is 32.0 Å². The maximum Gasteiger partial charge on any atom is 0.394 e. The summed E-state index contributed by atoms with van der Waals surface area (Å²) in [5, 5.41) is 8.75. The highest BCUT2D eigenvalue weighted by molar-refractivity contribution is 5.95. The fraction of sp³-hybridized carbons (Fsp3) is 0.500. The molecule has 1 aliphatic rings. The van der Waals surface area contributed by atoms with Gasteiger partial charge in [0.25, 0.3) is 5.91 Å². The van der Waals surface area contributed by atoms with Gasteiger partial charge in [0, 0.05) is 18.3 Å². The number of carboxylic acids is 1.